The summed E-state index contributed by atoms with van der Waals surface area (Å²) in [6, 6.07) is 11.5. The topological polar surface area (TPSA) is 157 Å². The molecule has 0 aromatic heterocycles. The highest BCUT2D eigenvalue weighted by Crippen LogP contribution is 2.23. The maximum Gasteiger partial charge on any atom is 0.311 e. The highest BCUT2D eigenvalue weighted by atomic mass is 16.6. The molecule has 0 spiro atoms. The number of anilines is 1. The lowest BCUT2D eigenvalue weighted by Gasteiger charge is -2.17. The number of rotatable bonds is 8. The van der Waals surface area contributed by atoms with Gasteiger partial charge >= 0.3 is 5.97 Å². The van der Waals surface area contributed by atoms with E-state index in [1.165, 1.54) is 19.2 Å². The van der Waals surface area contributed by atoms with E-state index in [1.54, 1.807) is 24.3 Å². The average molecular weight is 456 g/mol. The Labute approximate surface area is 187 Å². The monoisotopic (exact) mass is 456 g/mol. The first-order chi connectivity index (χ1) is 15.8. The van der Waals surface area contributed by atoms with Gasteiger partial charge in [0.1, 0.15) is 5.75 Å². The fraction of sp³-hybridized carbons (Fsp3) is 0.238. The number of carbonyl (C=O) groups is 4. The van der Waals surface area contributed by atoms with Gasteiger partial charge in [-0.1, -0.05) is 12.1 Å². The Morgan fingerprint density at radius 3 is 2.52 bits per heavy atom. The number of methoxy groups -OCH3 is 1. The summed E-state index contributed by atoms with van der Waals surface area (Å²) >= 11 is 0. The Morgan fingerprint density at radius 1 is 1.15 bits per heavy atom. The molecular formula is C21H20N4O8. The molecule has 1 saturated heterocycles. The molecule has 1 fully saturated rings. The van der Waals surface area contributed by atoms with Crippen LogP contribution in [0.4, 0.5) is 11.4 Å². The van der Waals surface area contributed by atoms with Gasteiger partial charge in [-0.25, -0.2) is 0 Å². The second kappa shape index (κ2) is 10.2. The van der Waals surface area contributed by atoms with E-state index in [1.807, 2.05) is 0 Å². The van der Waals surface area contributed by atoms with E-state index in [-0.39, 0.29) is 24.2 Å². The van der Waals surface area contributed by atoms with Crippen LogP contribution in [-0.2, 0) is 19.1 Å². The summed E-state index contributed by atoms with van der Waals surface area (Å²) in [5.74, 6) is -2.94. The van der Waals surface area contributed by atoms with Crippen LogP contribution in [0.5, 0.6) is 5.75 Å². The van der Waals surface area contributed by atoms with Gasteiger partial charge in [-0.2, -0.15) is 0 Å². The Kier molecular flexibility index (Phi) is 7.18. The molecule has 172 valence electrons. The minimum atomic E-state index is -0.867. The highest BCUT2D eigenvalue weighted by molar-refractivity contribution is 5.97. The average Bonchev–Trinajstić information content (AvgIpc) is 3.18. The Bertz CT molecular complexity index is 1090. The minimum Gasteiger partial charge on any atom is -0.495 e. The molecule has 12 nitrogen and oxygen atoms in total. The van der Waals surface area contributed by atoms with Gasteiger partial charge in [0.15, 0.2) is 6.61 Å². The van der Waals surface area contributed by atoms with Crippen LogP contribution in [0.25, 0.3) is 0 Å². The first-order valence-electron chi connectivity index (χ1n) is 9.73. The lowest BCUT2D eigenvalue weighted by Crippen LogP contribution is -2.43. The first kappa shape index (κ1) is 23.2. The standard InChI is InChI=1S/C21H20N4O8/c1-32-17-5-3-2-4-16(17)22-18(26)12-33-21(29)14-10-19(27)24(11-14)23-20(28)13-6-8-15(9-7-13)25(30)31/h2-9,14H,10-12H2,1H3,(H,22,26)(H,23,28)/t14-/m0/s1. The van der Waals surface area contributed by atoms with Gasteiger partial charge in [-0.15, -0.1) is 0 Å². The zero-order valence-corrected chi connectivity index (χ0v) is 17.5. The van der Waals surface area contributed by atoms with E-state index < -0.39 is 41.1 Å². The van der Waals surface area contributed by atoms with Crippen LogP contribution in [0.15, 0.2) is 48.5 Å². The number of nitro groups is 1. The summed E-state index contributed by atoms with van der Waals surface area (Å²) < 4.78 is 10.1. The van der Waals surface area contributed by atoms with Gasteiger partial charge < -0.3 is 14.8 Å². The lowest BCUT2D eigenvalue weighted by molar-refractivity contribution is -0.384. The number of hydrogen-bond donors (Lipinski definition) is 2. The normalized spacial score (nSPS) is 15.0. The van der Waals surface area contributed by atoms with Crippen molar-refractivity contribution in [3.63, 3.8) is 0 Å². The number of non-ortho nitro benzene ring substituents is 1. The number of amides is 3. The molecule has 0 aliphatic carbocycles. The van der Waals surface area contributed by atoms with Crippen molar-refractivity contribution in [2.24, 2.45) is 5.92 Å². The molecule has 1 atom stereocenters. The molecule has 1 aliphatic rings. The van der Waals surface area contributed by atoms with E-state index in [9.17, 15) is 29.3 Å². The van der Waals surface area contributed by atoms with Gasteiger partial charge in [0.25, 0.3) is 17.5 Å². The van der Waals surface area contributed by atoms with Crippen molar-refractivity contribution in [3.05, 3.63) is 64.2 Å². The van der Waals surface area contributed by atoms with Gasteiger partial charge in [0, 0.05) is 24.1 Å². The van der Waals surface area contributed by atoms with Crippen molar-refractivity contribution < 1.29 is 33.6 Å². The molecule has 1 aliphatic heterocycles. The number of nitrogens with one attached hydrogen (secondary N) is 2. The fourth-order valence-corrected chi connectivity index (χ4v) is 3.08. The summed E-state index contributed by atoms with van der Waals surface area (Å²) in [4.78, 5) is 58.9. The lowest BCUT2D eigenvalue weighted by atomic mass is 10.1. The summed E-state index contributed by atoms with van der Waals surface area (Å²) in [6.45, 7) is -0.693. The van der Waals surface area contributed by atoms with Crippen molar-refractivity contribution in [2.75, 3.05) is 25.6 Å². The molecule has 2 N–H and O–H groups in total. The second-order valence-corrected chi connectivity index (χ2v) is 7.01. The first-order valence-corrected chi connectivity index (χ1v) is 9.73. The molecule has 1 heterocycles. The molecular weight excluding hydrogens is 436 g/mol. The third-order valence-corrected chi connectivity index (χ3v) is 4.76. The van der Waals surface area contributed by atoms with Crippen molar-refractivity contribution in [2.45, 2.75) is 6.42 Å². The second-order valence-electron chi connectivity index (χ2n) is 7.01. The Morgan fingerprint density at radius 2 is 1.85 bits per heavy atom. The summed E-state index contributed by atoms with van der Waals surface area (Å²) in [5, 5.41) is 14.2. The van der Waals surface area contributed by atoms with Crippen LogP contribution in [0, 0.1) is 16.0 Å². The van der Waals surface area contributed by atoms with E-state index in [4.69, 9.17) is 9.47 Å². The number of benzene rings is 2. The van der Waals surface area contributed by atoms with Crippen LogP contribution >= 0.6 is 0 Å². The molecule has 0 saturated carbocycles. The van der Waals surface area contributed by atoms with E-state index in [0.29, 0.717) is 11.4 Å². The van der Waals surface area contributed by atoms with Gasteiger partial charge in [0.2, 0.25) is 5.91 Å². The molecule has 12 heteroatoms. The van der Waals surface area contributed by atoms with Crippen LogP contribution in [0.1, 0.15) is 16.8 Å². The number of nitrogens with zero attached hydrogens (tertiary/aromatic N) is 2. The molecule has 0 bridgehead atoms. The smallest absolute Gasteiger partial charge is 0.311 e. The maximum absolute atomic E-state index is 12.3. The molecule has 33 heavy (non-hydrogen) atoms. The molecule has 0 radical (unpaired) electrons. The summed E-state index contributed by atoms with van der Waals surface area (Å²) in [5.41, 5.74) is 2.70. The number of hydrazine groups is 1. The Balaban J connectivity index is 1.49. The number of ether oxygens (including phenoxy) is 2. The molecule has 3 rings (SSSR count). The minimum absolute atomic E-state index is 0.104. The summed E-state index contributed by atoms with van der Waals surface area (Å²) in [7, 11) is 1.45. The third kappa shape index (κ3) is 5.81. The number of esters is 1. The number of carbonyl (C=O) groups excluding carboxylic acids is 4. The van der Waals surface area contributed by atoms with E-state index >= 15 is 0 Å². The maximum atomic E-state index is 12.3. The van der Waals surface area contributed by atoms with Crippen LogP contribution in [0.2, 0.25) is 0 Å². The van der Waals surface area contributed by atoms with E-state index in [2.05, 4.69) is 10.7 Å². The predicted molar refractivity (Wildman–Crippen MR) is 113 cm³/mol. The van der Waals surface area contributed by atoms with Gasteiger partial charge in [-0.05, 0) is 24.3 Å². The highest BCUT2D eigenvalue weighted by Gasteiger charge is 2.36. The number of nitro benzene ring substituents is 1. The SMILES string of the molecule is COc1ccccc1NC(=O)COC(=O)[C@H]1CC(=O)N(NC(=O)c2ccc([N+](=O)[O-])cc2)C1. The predicted octanol–water partition coefficient (Wildman–Crippen LogP) is 1.28. The van der Waals surface area contributed by atoms with E-state index in [0.717, 1.165) is 17.1 Å². The Hall–Kier alpha value is -4.48. The van der Waals surface area contributed by atoms with Crippen molar-refractivity contribution in [3.8, 4) is 5.75 Å². The zero-order chi connectivity index (χ0) is 24.0. The molecule has 3 amide bonds. The molecule has 2 aromatic rings. The largest absolute Gasteiger partial charge is 0.495 e. The zero-order valence-electron chi connectivity index (χ0n) is 17.5. The molecule has 0 unspecified atom stereocenters. The van der Waals surface area contributed by atoms with Crippen molar-refractivity contribution in [1.29, 1.82) is 0 Å². The van der Waals surface area contributed by atoms with Crippen LogP contribution < -0.4 is 15.5 Å². The number of para-hydroxylation sites is 2. The van der Waals surface area contributed by atoms with Gasteiger partial charge in [0.05, 0.1) is 30.2 Å². The number of hydrogen-bond acceptors (Lipinski definition) is 8. The summed E-state index contributed by atoms with van der Waals surface area (Å²) in [6.07, 6.45) is -0.201. The molecule has 2 aromatic carbocycles. The van der Waals surface area contributed by atoms with Gasteiger partial charge in [-0.3, -0.25) is 39.7 Å². The van der Waals surface area contributed by atoms with Crippen molar-refractivity contribution in [1.82, 2.24) is 10.4 Å². The van der Waals surface area contributed by atoms with Crippen LogP contribution in [0.3, 0.4) is 0 Å². The van der Waals surface area contributed by atoms with Crippen LogP contribution in [-0.4, -0.2) is 53.9 Å². The quantitative estimate of drug-likeness (QED) is 0.342. The fourth-order valence-electron chi connectivity index (χ4n) is 3.08. The van der Waals surface area contributed by atoms with Crippen molar-refractivity contribution >= 4 is 35.1 Å². The third-order valence-electron chi connectivity index (χ3n) is 4.76.